The first-order valence-corrected chi connectivity index (χ1v) is 4.24. The van der Waals surface area contributed by atoms with Crippen molar-refractivity contribution in [1.29, 1.82) is 0 Å². The molecule has 0 fully saturated rings. The molecule has 76 valence electrons. The Morgan fingerprint density at radius 3 is 2.80 bits per heavy atom. The predicted molar refractivity (Wildman–Crippen MR) is 55.9 cm³/mol. The van der Waals surface area contributed by atoms with Crippen LogP contribution in [-0.4, -0.2) is 16.1 Å². The highest BCUT2D eigenvalue weighted by molar-refractivity contribution is 5.92. The topological polar surface area (TPSA) is 96.2 Å². The number of nitrogens with two attached hydrogens (primary N) is 1. The van der Waals surface area contributed by atoms with Crippen molar-refractivity contribution in [3.8, 4) is 0 Å². The number of rotatable bonds is 1. The van der Waals surface area contributed by atoms with Crippen LogP contribution in [0.15, 0.2) is 29.2 Å². The molecule has 0 bridgehead atoms. The zero-order valence-electron chi connectivity index (χ0n) is 7.65. The van der Waals surface area contributed by atoms with Crippen LogP contribution >= 0.6 is 0 Å². The average molecular weight is 204 g/mol. The molecule has 2 rings (SSSR count). The Bertz CT molecular complexity index is 601. The van der Waals surface area contributed by atoms with E-state index < -0.39 is 11.4 Å². The van der Waals surface area contributed by atoms with Gasteiger partial charge in [0.15, 0.2) is 0 Å². The Labute approximate surface area is 84.2 Å². The number of nitrogens with one attached hydrogen (secondary N) is 1. The van der Waals surface area contributed by atoms with E-state index in [0.29, 0.717) is 11.2 Å². The molecule has 0 saturated carbocycles. The number of H-pyrrole nitrogens is 1. The van der Waals surface area contributed by atoms with Gasteiger partial charge in [-0.3, -0.25) is 4.79 Å². The van der Waals surface area contributed by atoms with E-state index in [1.165, 1.54) is 12.3 Å². The molecule has 5 nitrogen and oxygen atoms in total. The number of carboxylic acids is 1. The average Bonchev–Trinajstić information content (AvgIpc) is 2.19. The third-order valence-corrected chi connectivity index (χ3v) is 2.14. The molecule has 4 N–H and O–H groups in total. The fourth-order valence-corrected chi connectivity index (χ4v) is 1.40. The molecular weight excluding hydrogens is 196 g/mol. The van der Waals surface area contributed by atoms with Crippen LogP contribution in [0.5, 0.6) is 0 Å². The lowest BCUT2D eigenvalue weighted by Crippen LogP contribution is -2.15. The van der Waals surface area contributed by atoms with Gasteiger partial charge in [-0.25, -0.2) is 4.79 Å². The minimum atomic E-state index is -1.25. The van der Waals surface area contributed by atoms with E-state index in [-0.39, 0.29) is 10.9 Å². The number of aromatic carboxylic acids is 1. The SMILES string of the molecule is Nc1ccc2[nH]cc(C(=O)O)c(=O)c2c1. The molecule has 0 atom stereocenters. The van der Waals surface area contributed by atoms with Crippen molar-refractivity contribution >= 4 is 22.6 Å². The predicted octanol–water partition coefficient (Wildman–Crippen LogP) is 0.809. The van der Waals surface area contributed by atoms with E-state index in [1.54, 1.807) is 12.1 Å². The summed E-state index contributed by atoms with van der Waals surface area (Å²) in [5.41, 5.74) is 5.71. The van der Waals surface area contributed by atoms with Gasteiger partial charge in [-0.2, -0.15) is 0 Å². The molecule has 1 aromatic carbocycles. The number of nitrogen functional groups attached to an aromatic ring is 1. The fourth-order valence-electron chi connectivity index (χ4n) is 1.40. The molecule has 0 aliphatic carbocycles. The number of hydrogen-bond acceptors (Lipinski definition) is 3. The Balaban J connectivity index is 2.89. The quantitative estimate of drug-likeness (QED) is 0.599. The Kier molecular flexibility index (Phi) is 1.93. The van der Waals surface area contributed by atoms with Crippen molar-refractivity contribution in [3.05, 3.63) is 40.2 Å². The molecule has 1 aromatic heterocycles. The molecule has 0 saturated heterocycles. The van der Waals surface area contributed by atoms with Gasteiger partial charge in [0.1, 0.15) is 5.56 Å². The van der Waals surface area contributed by atoms with Gasteiger partial charge in [0, 0.05) is 22.8 Å². The first-order valence-electron chi connectivity index (χ1n) is 4.24. The van der Waals surface area contributed by atoms with E-state index in [1.807, 2.05) is 0 Å². The van der Waals surface area contributed by atoms with E-state index >= 15 is 0 Å². The van der Waals surface area contributed by atoms with Gasteiger partial charge in [-0.05, 0) is 18.2 Å². The summed E-state index contributed by atoms with van der Waals surface area (Å²) in [6.45, 7) is 0. The minimum absolute atomic E-state index is 0.284. The second kappa shape index (κ2) is 3.13. The molecule has 0 unspecified atom stereocenters. The summed E-state index contributed by atoms with van der Waals surface area (Å²) in [6, 6.07) is 4.73. The maximum absolute atomic E-state index is 11.7. The van der Waals surface area contributed by atoms with Crippen LogP contribution in [0.25, 0.3) is 10.9 Å². The van der Waals surface area contributed by atoms with Crippen molar-refractivity contribution in [1.82, 2.24) is 4.98 Å². The Hall–Kier alpha value is -2.30. The summed E-state index contributed by atoms with van der Waals surface area (Å²) in [4.78, 5) is 25.1. The number of fused-ring (bicyclic) bond motifs is 1. The van der Waals surface area contributed by atoms with Crippen LogP contribution in [0.4, 0.5) is 5.69 Å². The summed E-state index contributed by atoms with van der Waals surface area (Å²) >= 11 is 0. The summed E-state index contributed by atoms with van der Waals surface area (Å²) in [6.07, 6.45) is 1.18. The largest absolute Gasteiger partial charge is 0.477 e. The van der Waals surface area contributed by atoms with Crippen LogP contribution in [0, 0.1) is 0 Å². The van der Waals surface area contributed by atoms with Crippen LogP contribution < -0.4 is 11.2 Å². The summed E-state index contributed by atoms with van der Waals surface area (Å²) in [5, 5.41) is 9.03. The van der Waals surface area contributed by atoms with Crippen LogP contribution in [0.3, 0.4) is 0 Å². The monoisotopic (exact) mass is 204 g/mol. The molecule has 0 radical (unpaired) electrons. The zero-order chi connectivity index (χ0) is 11.0. The van der Waals surface area contributed by atoms with Crippen molar-refractivity contribution in [2.24, 2.45) is 0 Å². The third kappa shape index (κ3) is 1.43. The fraction of sp³-hybridized carbons (Fsp3) is 0. The molecule has 2 aromatic rings. The molecule has 1 heterocycles. The number of hydrogen-bond donors (Lipinski definition) is 3. The number of benzene rings is 1. The standard InChI is InChI=1S/C10H8N2O3/c11-5-1-2-8-6(3-5)9(13)7(4-12-8)10(14)15/h1-4H,11H2,(H,12,13)(H,14,15). The second-order valence-electron chi connectivity index (χ2n) is 3.14. The number of aromatic nitrogens is 1. The highest BCUT2D eigenvalue weighted by atomic mass is 16.4. The van der Waals surface area contributed by atoms with Gasteiger partial charge < -0.3 is 15.8 Å². The highest BCUT2D eigenvalue weighted by Gasteiger charge is 2.10. The van der Waals surface area contributed by atoms with Crippen molar-refractivity contribution in [2.45, 2.75) is 0 Å². The number of anilines is 1. The lowest BCUT2D eigenvalue weighted by atomic mass is 10.1. The van der Waals surface area contributed by atoms with Crippen molar-refractivity contribution in [2.75, 3.05) is 5.73 Å². The molecular formula is C10H8N2O3. The van der Waals surface area contributed by atoms with Crippen LogP contribution in [-0.2, 0) is 0 Å². The maximum atomic E-state index is 11.7. The van der Waals surface area contributed by atoms with E-state index in [4.69, 9.17) is 10.8 Å². The van der Waals surface area contributed by atoms with Gasteiger partial charge in [0.2, 0.25) is 5.43 Å². The van der Waals surface area contributed by atoms with E-state index in [2.05, 4.69) is 4.98 Å². The Morgan fingerprint density at radius 2 is 2.13 bits per heavy atom. The molecule has 0 amide bonds. The zero-order valence-corrected chi connectivity index (χ0v) is 7.65. The summed E-state index contributed by atoms with van der Waals surface area (Å²) in [7, 11) is 0. The molecule has 15 heavy (non-hydrogen) atoms. The lowest BCUT2D eigenvalue weighted by molar-refractivity contribution is 0.0695. The number of aromatic amines is 1. The van der Waals surface area contributed by atoms with E-state index in [9.17, 15) is 9.59 Å². The molecule has 0 aliphatic rings. The normalized spacial score (nSPS) is 10.4. The van der Waals surface area contributed by atoms with Crippen molar-refractivity contribution in [3.63, 3.8) is 0 Å². The molecule has 0 aliphatic heterocycles. The van der Waals surface area contributed by atoms with Crippen LogP contribution in [0.2, 0.25) is 0 Å². The van der Waals surface area contributed by atoms with E-state index in [0.717, 1.165) is 0 Å². The number of carbonyl (C=O) groups is 1. The maximum Gasteiger partial charge on any atom is 0.341 e. The van der Waals surface area contributed by atoms with Gasteiger partial charge in [0.25, 0.3) is 0 Å². The number of pyridine rings is 1. The smallest absolute Gasteiger partial charge is 0.341 e. The summed E-state index contributed by atoms with van der Waals surface area (Å²) < 4.78 is 0. The third-order valence-electron chi connectivity index (χ3n) is 2.14. The summed E-state index contributed by atoms with van der Waals surface area (Å²) in [5.74, 6) is -1.25. The van der Waals surface area contributed by atoms with Gasteiger partial charge in [0.05, 0.1) is 0 Å². The minimum Gasteiger partial charge on any atom is -0.477 e. The lowest BCUT2D eigenvalue weighted by Gasteiger charge is -2.00. The highest BCUT2D eigenvalue weighted by Crippen LogP contribution is 2.12. The Morgan fingerprint density at radius 1 is 1.40 bits per heavy atom. The first-order chi connectivity index (χ1) is 7.09. The second-order valence-corrected chi connectivity index (χ2v) is 3.14. The van der Waals surface area contributed by atoms with Crippen LogP contribution in [0.1, 0.15) is 10.4 Å². The van der Waals surface area contributed by atoms with Gasteiger partial charge in [-0.1, -0.05) is 0 Å². The van der Waals surface area contributed by atoms with Crippen molar-refractivity contribution < 1.29 is 9.90 Å². The molecule has 0 spiro atoms. The van der Waals surface area contributed by atoms with Gasteiger partial charge in [-0.15, -0.1) is 0 Å². The first kappa shape index (κ1) is 9.26. The molecule has 5 heteroatoms. The van der Waals surface area contributed by atoms with Gasteiger partial charge >= 0.3 is 5.97 Å². The number of carboxylic acid groups (broad SMARTS) is 1.